The van der Waals surface area contributed by atoms with E-state index in [1.54, 1.807) is 11.8 Å². The van der Waals surface area contributed by atoms with Gasteiger partial charge in [0.1, 0.15) is 6.04 Å². The lowest BCUT2D eigenvalue weighted by atomic mass is 9.99. The summed E-state index contributed by atoms with van der Waals surface area (Å²) in [7, 11) is 1.32. The van der Waals surface area contributed by atoms with Crippen LogP contribution in [0.3, 0.4) is 0 Å². The summed E-state index contributed by atoms with van der Waals surface area (Å²) >= 11 is 0. The number of carbonyl (C=O) groups is 3. The third-order valence-corrected chi connectivity index (χ3v) is 7.04. The van der Waals surface area contributed by atoms with Crippen LogP contribution in [0.1, 0.15) is 32.8 Å². The largest absolute Gasteiger partial charge is 0.467 e. The SMILES string of the molecule is COC(=O)[C@H](CC(C)C)N1C[C@@]2(C)O[C@H](C(=O)N3CCN(CCc4ccccc4)CC3)[C@H](O2)C1=O. The first kappa shape index (κ1) is 25.6. The summed E-state index contributed by atoms with van der Waals surface area (Å²) in [4.78, 5) is 44.9. The van der Waals surface area contributed by atoms with E-state index in [-0.39, 0.29) is 18.4 Å². The Balaban J connectivity index is 1.37. The molecule has 0 N–H and O–H groups in total. The molecule has 0 unspecified atom stereocenters. The number of ether oxygens (including phenoxy) is 3. The van der Waals surface area contributed by atoms with Gasteiger partial charge in [0.25, 0.3) is 11.8 Å². The molecule has 0 aliphatic carbocycles. The molecule has 3 aliphatic rings. The molecule has 35 heavy (non-hydrogen) atoms. The maximum absolute atomic E-state index is 13.4. The number of rotatable bonds is 8. The minimum Gasteiger partial charge on any atom is -0.467 e. The summed E-state index contributed by atoms with van der Waals surface area (Å²) in [6.07, 6.45) is -0.635. The second kappa shape index (κ2) is 10.6. The van der Waals surface area contributed by atoms with E-state index in [2.05, 4.69) is 17.0 Å². The lowest BCUT2D eigenvalue weighted by Crippen LogP contribution is -2.60. The number of hydrogen-bond acceptors (Lipinski definition) is 7. The first-order valence-corrected chi connectivity index (χ1v) is 12.5. The number of piperazine rings is 1. The van der Waals surface area contributed by atoms with Crippen LogP contribution in [0, 0.1) is 5.92 Å². The van der Waals surface area contributed by atoms with Gasteiger partial charge in [-0.2, -0.15) is 0 Å². The van der Waals surface area contributed by atoms with Gasteiger partial charge in [0.15, 0.2) is 18.0 Å². The third kappa shape index (κ3) is 5.68. The van der Waals surface area contributed by atoms with Crippen molar-refractivity contribution in [3.8, 4) is 0 Å². The second-order valence-electron chi connectivity index (χ2n) is 10.2. The maximum atomic E-state index is 13.4. The number of morpholine rings is 1. The molecule has 0 radical (unpaired) electrons. The molecule has 1 aromatic carbocycles. The van der Waals surface area contributed by atoms with E-state index in [0.717, 1.165) is 26.1 Å². The van der Waals surface area contributed by atoms with Crippen LogP contribution in [0.15, 0.2) is 30.3 Å². The molecule has 0 aromatic heterocycles. The number of carbonyl (C=O) groups excluding carboxylic acids is 3. The lowest BCUT2D eigenvalue weighted by Gasteiger charge is -2.40. The zero-order valence-corrected chi connectivity index (χ0v) is 21.1. The normalized spacial score (nSPS) is 27.9. The fourth-order valence-electron chi connectivity index (χ4n) is 5.17. The fourth-order valence-corrected chi connectivity index (χ4v) is 5.17. The summed E-state index contributed by atoms with van der Waals surface area (Å²) in [5.41, 5.74) is 1.30. The molecule has 3 fully saturated rings. The number of fused-ring (bicyclic) bond motifs is 2. The molecular weight excluding hydrogens is 450 g/mol. The average molecular weight is 488 g/mol. The number of benzene rings is 1. The number of amides is 2. The topological polar surface area (TPSA) is 88.6 Å². The average Bonchev–Trinajstić information content (AvgIpc) is 3.16. The molecule has 1 aromatic rings. The monoisotopic (exact) mass is 487 g/mol. The van der Waals surface area contributed by atoms with Crippen molar-refractivity contribution in [2.75, 3.05) is 46.4 Å². The molecule has 9 nitrogen and oxygen atoms in total. The maximum Gasteiger partial charge on any atom is 0.328 e. The van der Waals surface area contributed by atoms with Crippen LogP contribution in [-0.4, -0.2) is 103 Å². The van der Waals surface area contributed by atoms with Gasteiger partial charge < -0.3 is 24.0 Å². The van der Waals surface area contributed by atoms with Gasteiger partial charge in [-0.3, -0.25) is 14.5 Å². The zero-order chi connectivity index (χ0) is 25.2. The van der Waals surface area contributed by atoms with Gasteiger partial charge in [0.2, 0.25) is 0 Å². The standard InChI is InChI=1S/C26H37N3O6/c1-18(2)16-20(25(32)33-4)29-17-26(3)34-21(22(35-26)24(29)31)23(30)28-14-12-27(13-15-28)11-10-19-8-6-5-7-9-19/h5-9,18,20-22H,10-17H2,1-4H3/t20-,21-,22-,26-/m0/s1. The molecule has 0 saturated carbocycles. The quantitative estimate of drug-likeness (QED) is 0.511. The Hall–Kier alpha value is -2.49. The molecule has 4 atom stereocenters. The second-order valence-corrected chi connectivity index (χ2v) is 10.2. The van der Waals surface area contributed by atoms with Gasteiger partial charge >= 0.3 is 5.97 Å². The minimum absolute atomic E-state index is 0.0753. The van der Waals surface area contributed by atoms with E-state index in [1.807, 2.05) is 32.0 Å². The van der Waals surface area contributed by atoms with Crippen LogP contribution in [0.25, 0.3) is 0 Å². The summed E-state index contributed by atoms with van der Waals surface area (Å²) in [6.45, 7) is 9.40. The summed E-state index contributed by atoms with van der Waals surface area (Å²) in [5, 5.41) is 0. The van der Waals surface area contributed by atoms with Crippen molar-refractivity contribution >= 4 is 17.8 Å². The Morgan fingerprint density at radius 1 is 1.11 bits per heavy atom. The molecular formula is C26H37N3O6. The van der Waals surface area contributed by atoms with Crippen molar-refractivity contribution in [3.05, 3.63) is 35.9 Å². The van der Waals surface area contributed by atoms with E-state index in [9.17, 15) is 14.4 Å². The number of hydrogen-bond donors (Lipinski definition) is 0. The third-order valence-electron chi connectivity index (χ3n) is 7.04. The number of esters is 1. The predicted octanol–water partition coefficient (Wildman–Crippen LogP) is 1.30. The van der Waals surface area contributed by atoms with Crippen molar-refractivity contribution in [3.63, 3.8) is 0 Å². The van der Waals surface area contributed by atoms with Crippen molar-refractivity contribution < 1.29 is 28.6 Å². The van der Waals surface area contributed by atoms with Crippen LogP contribution in [0.2, 0.25) is 0 Å². The molecule has 3 heterocycles. The molecule has 0 spiro atoms. The zero-order valence-electron chi connectivity index (χ0n) is 21.1. The van der Waals surface area contributed by atoms with E-state index in [0.29, 0.717) is 19.5 Å². The Morgan fingerprint density at radius 2 is 1.80 bits per heavy atom. The van der Waals surface area contributed by atoms with E-state index < -0.39 is 35.9 Å². The Morgan fingerprint density at radius 3 is 2.43 bits per heavy atom. The van der Waals surface area contributed by atoms with Gasteiger partial charge in [-0.15, -0.1) is 0 Å². The van der Waals surface area contributed by atoms with Gasteiger partial charge in [-0.1, -0.05) is 44.2 Å². The van der Waals surface area contributed by atoms with Crippen LogP contribution < -0.4 is 0 Å². The Labute approximate surface area is 207 Å². The van der Waals surface area contributed by atoms with Crippen molar-refractivity contribution in [2.24, 2.45) is 5.92 Å². The minimum atomic E-state index is -1.14. The Kier molecular flexibility index (Phi) is 7.78. The van der Waals surface area contributed by atoms with E-state index in [1.165, 1.54) is 17.6 Å². The summed E-state index contributed by atoms with van der Waals surface area (Å²) in [5.74, 6) is -2.05. The highest BCUT2D eigenvalue weighted by Crippen LogP contribution is 2.37. The summed E-state index contributed by atoms with van der Waals surface area (Å²) < 4.78 is 16.9. The Bertz CT molecular complexity index is 917. The molecule has 3 aliphatic heterocycles. The van der Waals surface area contributed by atoms with Crippen molar-refractivity contribution in [1.82, 2.24) is 14.7 Å². The summed E-state index contributed by atoms with van der Waals surface area (Å²) in [6, 6.07) is 9.63. The van der Waals surface area contributed by atoms with Gasteiger partial charge in [0.05, 0.1) is 13.7 Å². The smallest absolute Gasteiger partial charge is 0.328 e. The highest BCUT2D eigenvalue weighted by Gasteiger charge is 2.59. The molecule has 192 valence electrons. The fraction of sp³-hybridized carbons (Fsp3) is 0.654. The predicted molar refractivity (Wildman–Crippen MR) is 128 cm³/mol. The van der Waals surface area contributed by atoms with Crippen LogP contribution in [0.4, 0.5) is 0 Å². The van der Waals surface area contributed by atoms with Crippen molar-refractivity contribution in [2.45, 2.75) is 57.6 Å². The van der Waals surface area contributed by atoms with Crippen LogP contribution in [-0.2, 0) is 35.0 Å². The lowest BCUT2D eigenvalue weighted by molar-refractivity contribution is -0.208. The van der Waals surface area contributed by atoms with Crippen LogP contribution in [0.5, 0.6) is 0 Å². The van der Waals surface area contributed by atoms with Gasteiger partial charge in [-0.05, 0) is 31.2 Å². The van der Waals surface area contributed by atoms with Crippen LogP contribution >= 0.6 is 0 Å². The molecule has 4 rings (SSSR count). The molecule has 2 bridgehead atoms. The first-order valence-electron chi connectivity index (χ1n) is 12.5. The van der Waals surface area contributed by atoms with Crippen molar-refractivity contribution in [1.29, 1.82) is 0 Å². The number of nitrogens with zero attached hydrogens (tertiary/aromatic N) is 3. The highest BCUT2D eigenvalue weighted by molar-refractivity contribution is 5.94. The molecule has 9 heteroatoms. The van der Waals surface area contributed by atoms with E-state index in [4.69, 9.17) is 14.2 Å². The molecule has 2 amide bonds. The number of methoxy groups -OCH3 is 1. The highest BCUT2D eigenvalue weighted by atomic mass is 16.8. The van der Waals surface area contributed by atoms with Gasteiger partial charge in [0, 0.05) is 32.7 Å². The molecule has 3 saturated heterocycles. The van der Waals surface area contributed by atoms with E-state index >= 15 is 0 Å². The van der Waals surface area contributed by atoms with Gasteiger partial charge in [-0.25, -0.2) is 4.79 Å². The first-order chi connectivity index (χ1) is 16.7.